The molecule has 2 heterocycles. The van der Waals surface area contributed by atoms with E-state index in [9.17, 15) is 4.79 Å². The number of amides is 1. The zero-order valence-corrected chi connectivity index (χ0v) is 17.4. The summed E-state index contributed by atoms with van der Waals surface area (Å²) in [6, 6.07) is 13.5. The summed E-state index contributed by atoms with van der Waals surface area (Å²) in [4.78, 5) is 18.7. The van der Waals surface area contributed by atoms with Crippen molar-refractivity contribution in [1.82, 2.24) is 10.3 Å². The van der Waals surface area contributed by atoms with Gasteiger partial charge in [-0.05, 0) is 36.6 Å². The third-order valence-corrected chi connectivity index (χ3v) is 6.13. The van der Waals surface area contributed by atoms with E-state index in [1.54, 1.807) is 0 Å². The van der Waals surface area contributed by atoms with Crippen LogP contribution in [0.1, 0.15) is 49.9 Å². The molecule has 0 bridgehead atoms. The molecule has 142 valence electrons. The van der Waals surface area contributed by atoms with Crippen molar-refractivity contribution in [1.29, 1.82) is 0 Å². The summed E-state index contributed by atoms with van der Waals surface area (Å²) >= 11 is 7.56. The van der Waals surface area contributed by atoms with Crippen molar-refractivity contribution in [3.63, 3.8) is 0 Å². The number of hydrogen-bond donors (Lipinski definition) is 1. The van der Waals surface area contributed by atoms with Gasteiger partial charge < -0.3 is 5.32 Å². The Morgan fingerprint density at radius 2 is 2.04 bits per heavy atom. The molecule has 5 heteroatoms. The molecule has 27 heavy (non-hydrogen) atoms. The summed E-state index contributed by atoms with van der Waals surface area (Å²) in [5.74, 6) is 0.491. The third kappa shape index (κ3) is 4.88. The van der Waals surface area contributed by atoms with E-state index in [0.717, 1.165) is 34.3 Å². The fourth-order valence-electron chi connectivity index (χ4n) is 3.22. The minimum atomic E-state index is -0.0348. The van der Waals surface area contributed by atoms with Crippen LogP contribution < -0.4 is 5.32 Å². The van der Waals surface area contributed by atoms with Crippen LogP contribution in [0.5, 0.6) is 0 Å². The standard InChI is InChI=1S/C22H25ClN2OS/c1-3-5-8-15(4-2)14-24-22(26)17-13-19(20-11-12-21(23)27-20)25-18-10-7-6-9-16(17)18/h6-7,9-13,15H,3-5,8,14H2,1-2H3,(H,24,26). The van der Waals surface area contributed by atoms with Gasteiger partial charge in [0.2, 0.25) is 0 Å². The summed E-state index contributed by atoms with van der Waals surface area (Å²) < 4.78 is 0.715. The van der Waals surface area contributed by atoms with E-state index in [1.807, 2.05) is 42.5 Å². The van der Waals surface area contributed by atoms with Gasteiger partial charge in [-0.25, -0.2) is 4.98 Å². The summed E-state index contributed by atoms with van der Waals surface area (Å²) in [7, 11) is 0. The average molecular weight is 401 g/mol. The Kier molecular flexibility index (Phi) is 6.86. The Morgan fingerprint density at radius 3 is 2.74 bits per heavy atom. The molecule has 3 nitrogen and oxygen atoms in total. The van der Waals surface area contributed by atoms with E-state index in [-0.39, 0.29) is 5.91 Å². The molecule has 0 saturated heterocycles. The van der Waals surface area contributed by atoms with Gasteiger partial charge in [0.05, 0.1) is 26.0 Å². The maximum atomic E-state index is 13.0. The van der Waals surface area contributed by atoms with Gasteiger partial charge in [-0.3, -0.25) is 4.79 Å². The van der Waals surface area contributed by atoms with E-state index in [4.69, 9.17) is 16.6 Å². The molecule has 0 spiro atoms. The van der Waals surface area contributed by atoms with Crippen LogP contribution in [0.15, 0.2) is 42.5 Å². The Hall–Kier alpha value is -1.91. The first kappa shape index (κ1) is 19.8. The molecule has 1 aromatic carbocycles. The molecule has 1 amide bonds. The lowest BCUT2D eigenvalue weighted by molar-refractivity contribution is 0.0947. The fourth-order valence-corrected chi connectivity index (χ4v) is 4.22. The fraction of sp³-hybridized carbons (Fsp3) is 0.364. The van der Waals surface area contributed by atoms with E-state index >= 15 is 0 Å². The molecule has 1 unspecified atom stereocenters. The lowest BCUT2D eigenvalue weighted by Crippen LogP contribution is -2.29. The first-order chi connectivity index (χ1) is 13.1. The van der Waals surface area contributed by atoms with Gasteiger partial charge in [0.1, 0.15) is 0 Å². The highest BCUT2D eigenvalue weighted by Crippen LogP contribution is 2.32. The van der Waals surface area contributed by atoms with Gasteiger partial charge in [-0.1, -0.05) is 62.9 Å². The van der Waals surface area contributed by atoms with Crippen LogP contribution in [-0.4, -0.2) is 17.4 Å². The minimum Gasteiger partial charge on any atom is -0.352 e. The topological polar surface area (TPSA) is 42.0 Å². The first-order valence-electron chi connectivity index (χ1n) is 9.56. The summed E-state index contributed by atoms with van der Waals surface area (Å²) in [6.07, 6.45) is 4.63. The predicted molar refractivity (Wildman–Crippen MR) is 116 cm³/mol. The second-order valence-corrected chi connectivity index (χ2v) is 8.52. The molecular weight excluding hydrogens is 376 g/mol. The molecule has 0 aliphatic rings. The number of hydrogen-bond acceptors (Lipinski definition) is 3. The zero-order valence-electron chi connectivity index (χ0n) is 15.8. The van der Waals surface area contributed by atoms with Gasteiger partial charge in [0.15, 0.2) is 0 Å². The van der Waals surface area contributed by atoms with Crippen molar-refractivity contribution < 1.29 is 4.79 Å². The number of fused-ring (bicyclic) bond motifs is 1. The monoisotopic (exact) mass is 400 g/mol. The summed E-state index contributed by atoms with van der Waals surface area (Å²) in [6.45, 7) is 5.10. The quantitative estimate of drug-likeness (QED) is 0.465. The van der Waals surface area contributed by atoms with E-state index in [0.29, 0.717) is 22.4 Å². The first-order valence-corrected chi connectivity index (χ1v) is 10.8. The predicted octanol–water partition coefficient (Wildman–Crippen LogP) is 6.56. The van der Waals surface area contributed by atoms with Crippen LogP contribution in [0.25, 0.3) is 21.5 Å². The van der Waals surface area contributed by atoms with Gasteiger partial charge >= 0.3 is 0 Å². The minimum absolute atomic E-state index is 0.0348. The number of nitrogens with one attached hydrogen (secondary N) is 1. The number of benzene rings is 1. The Labute approximate surface area is 169 Å². The molecule has 1 atom stereocenters. The van der Waals surface area contributed by atoms with Gasteiger partial charge in [-0.15, -0.1) is 11.3 Å². The maximum absolute atomic E-state index is 13.0. The molecule has 2 aromatic heterocycles. The average Bonchev–Trinajstić information content (AvgIpc) is 3.13. The number of carbonyl (C=O) groups excluding carboxylic acids is 1. The lowest BCUT2D eigenvalue weighted by Gasteiger charge is -2.16. The molecule has 0 aliphatic carbocycles. The number of thiophene rings is 1. The lowest BCUT2D eigenvalue weighted by atomic mass is 9.99. The smallest absolute Gasteiger partial charge is 0.252 e. The number of rotatable bonds is 8. The number of unbranched alkanes of at least 4 members (excludes halogenated alkanes) is 1. The van der Waals surface area contributed by atoms with Crippen LogP contribution >= 0.6 is 22.9 Å². The van der Waals surface area contributed by atoms with Crippen molar-refractivity contribution in [3.8, 4) is 10.6 Å². The highest BCUT2D eigenvalue weighted by molar-refractivity contribution is 7.19. The van der Waals surface area contributed by atoms with Crippen LogP contribution in [0.4, 0.5) is 0 Å². The number of pyridine rings is 1. The van der Waals surface area contributed by atoms with Crippen LogP contribution in [0, 0.1) is 5.92 Å². The van der Waals surface area contributed by atoms with Crippen molar-refractivity contribution in [3.05, 3.63) is 52.4 Å². The highest BCUT2D eigenvalue weighted by atomic mass is 35.5. The Bertz CT molecular complexity index is 922. The number of halogens is 1. The molecule has 1 N–H and O–H groups in total. The van der Waals surface area contributed by atoms with E-state index in [1.165, 1.54) is 24.2 Å². The zero-order chi connectivity index (χ0) is 19.2. The SMILES string of the molecule is CCCCC(CC)CNC(=O)c1cc(-c2ccc(Cl)s2)nc2ccccc12. The van der Waals surface area contributed by atoms with Gasteiger partial charge in [0.25, 0.3) is 5.91 Å². The van der Waals surface area contributed by atoms with Crippen LogP contribution in [-0.2, 0) is 0 Å². The third-order valence-electron chi connectivity index (χ3n) is 4.88. The maximum Gasteiger partial charge on any atom is 0.252 e. The second-order valence-electron chi connectivity index (χ2n) is 6.80. The number of nitrogens with zero attached hydrogens (tertiary/aromatic N) is 1. The second kappa shape index (κ2) is 9.34. The molecular formula is C22H25ClN2OS. The van der Waals surface area contributed by atoms with Crippen molar-refractivity contribution in [2.75, 3.05) is 6.54 Å². The van der Waals surface area contributed by atoms with Crippen LogP contribution in [0.3, 0.4) is 0 Å². The van der Waals surface area contributed by atoms with E-state index < -0.39 is 0 Å². The number of carbonyl (C=O) groups is 1. The molecule has 0 aliphatic heterocycles. The van der Waals surface area contributed by atoms with Crippen LogP contribution in [0.2, 0.25) is 4.34 Å². The summed E-state index contributed by atoms with van der Waals surface area (Å²) in [5.41, 5.74) is 2.28. The van der Waals surface area contributed by atoms with Gasteiger partial charge in [-0.2, -0.15) is 0 Å². The van der Waals surface area contributed by atoms with Crippen molar-refractivity contribution >= 4 is 39.7 Å². The molecule has 3 aromatic rings. The number of para-hydroxylation sites is 1. The molecule has 0 radical (unpaired) electrons. The Morgan fingerprint density at radius 1 is 1.22 bits per heavy atom. The normalized spacial score (nSPS) is 12.3. The molecule has 0 saturated carbocycles. The van der Waals surface area contributed by atoms with Crippen molar-refractivity contribution in [2.24, 2.45) is 5.92 Å². The van der Waals surface area contributed by atoms with Gasteiger partial charge in [0, 0.05) is 11.9 Å². The molecule has 0 fully saturated rings. The Balaban J connectivity index is 1.89. The van der Waals surface area contributed by atoms with E-state index in [2.05, 4.69) is 19.2 Å². The van der Waals surface area contributed by atoms with Crippen molar-refractivity contribution in [2.45, 2.75) is 39.5 Å². The highest BCUT2D eigenvalue weighted by Gasteiger charge is 2.16. The summed E-state index contributed by atoms with van der Waals surface area (Å²) in [5, 5.41) is 4.02. The number of aromatic nitrogens is 1. The largest absolute Gasteiger partial charge is 0.352 e. The molecule has 3 rings (SSSR count).